The standard InChI is InChI=1S/C18H20N2O3S/c1-2-23-17-10-11-18(15-8-4-3-7-14(15)17)24(21,22)20-16-9-5-6-13(16)12-19/h3-4,7-8,10-11,13,16,20H,2,5-6,9H2,1H3/t13-,16-/m0/s1. The second-order valence-corrected chi connectivity index (χ2v) is 7.62. The molecule has 0 aromatic heterocycles. The molecule has 6 heteroatoms. The van der Waals surface area contributed by atoms with E-state index in [4.69, 9.17) is 10.00 Å². The summed E-state index contributed by atoms with van der Waals surface area (Å²) in [4.78, 5) is 0.227. The Bertz CT molecular complexity index is 887. The minimum Gasteiger partial charge on any atom is -0.493 e. The largest absolute Gasteiger partial charge is 0.493 e. The van der Waals surface area contributed by atoms with Crippen LogP contribution >= 0.6 is 0 Å². The molecule has 2 aromatic carbocycles. The molecule has 1 aliphatic carbocycles. The lowest BCUT2D eigenvalue weighted by molar-refractivity contribution is 0.344. The van der Waals surface area contributed by atoms with Crippen LogP contribution in [0.5, 0.6) is 5.75 Å². The van der Waals surface area contributed by atoms with Crippen LogP contribution in [0.15, 0.2) is 41.3 Å². The summed E-state index contributed by atoms with van der Waals surface area (Å²) in [5.41, 5.74) is 0. The molecule has 0 spiro atoms. The molecule has 1 N–H and O–H groups in total. The van der Waals surface area contributed by atoms with E-state index in [1.807, 2.05) is 25.1 Å². The summed E-state index contributed by atoms with van der Waals surface area (Å²) in [6, 6.07) is 12.5. The van der Waals surface area contributed by atoms with E-state index in [0.717, 1.165) is 18.2 Å². The third-order valence-corrected chi connectivity index (χ3v) is 5.97. The number of ether oxygens (including phenoxy) is 1. The number of hydrogen-bond acceptors (Lipinski definition) is 4. The van der Waals surface area contributed by atoms with Gasteiger partial charge in [0.1, 0.15) is 5.75 Å². The minimum absolute atomic E-state index is 0.227. The van der Waals surface area contributed by atoms with Crippen molar-refractivity contribution in [2.75, 3.05) is 6.61 Å². The van der Waals surface area contributed by atoms with Crippen LogP contribution < -0.4 is 9.46 Å². The van der Waals surface area contributed by atoms with Gasteiger partial charge in [0.2, 0.25) is 10.0 Å². The number of sulfonamides is 1. The molecule has 1 aliphatic rings. The van der Waals surface area contributed by atoms with Crippen molar-refractivity contribution in [1.82, 2.24) is 4.72 Å². The second-order valence-electron chi connectivity index (χ2n) is 5.93. The maximum absolute atomic E-state index is 12.9. The first kappa shape index (κ1) is 16.7. The van der Waals surface area contributed by atoms with Crippen molar-refractivity contribution in [2.45, 2.75) is 37.1 Å². The fraction of sp³-hybridized carbons (Fsp3) is 0.389. The molecule has 126 valence electrons. The van der Waals surface area contributed by atoms with Crippen LogP contribution in [0, 0.1) is 17.2 Å². The highest BCUT2D eigenvalue weighted by Crippen LogP contribution is 2.32. The van der Waals surface area contributed by atoms with Crippen LogP contribution in [-0.4, -0.2) is 21.1 Å². The van der Waals surface area contributed by atoms with Crippen LogP contribution in [0.25, 0.3) is 10.8 Å². The lowest BCUT2D eigenvalue weighted by Gasteiger charge is -2.17. The van der Waals surface area contributed by atoms with Gasteiger partial charge in [0.25, 0.3) is 0 Å². The highest BCUT2D eigenvalue weighted by Gasteiger charge is 2.32. The van der Waals surface area contributed by atoms with Gasteiger partial charge in [0.15, 0.2) is 0 Å². The summed E-state index contributed by atoms with van der Waals surface area (Å²) in [6.07, 6.45) is 2.32. The average Bonchev–Trinajstić information content (AvgIpc) is 3.01. The number of nitrogens with one attached hydrogen (secondary N) is 1. The normalized spacial score (nSPS) is 20.8. The van der Waals surface area contributed by atoms with Crippen molar-refractivity contribution in [2.24, 2.45) is 5.92 Å². The molecule has 24 heavy (non-hydrogen) atoms. The van der Waals surface area contributed by atoms with Crippen LogP contribution in [-0.2, 0) is 10.0 Å². The summed E-state index contributed by atoms with van der Waals surface area (Å²) in [6.45, 7) is 2.41. The highest BCUT2D eigenvalue weighted by molar-refractivity contribution is 7.89. The lowest BCUT2D eigenvalue weighted by Crippen LogP contribution is -2.36. The molecule has 2 atom stereocenters. The van der Waals surface area contributed by atoms with Crippen LogP contribution in [0.3, 0.4) is 0 Å². The third kappa shape index (κ3) is 3.10. The van der Waals surface area contributed by atoms with E-state index < -0.39 is 10.0 Å². The van der Waals surface area contributed by atoms with Crippen molar-refractivity contribution in [1.29, 1.82) is 5.26 Å². The van der Waals surface area contributed by atoms with Crippen molar-refractivity contribution in [3.63, 3.8) is 0 Å². The molecule has 0 unspecified atom stereocenters. The predicted molar refractivity (Wildman–Crippen MR) is 92.2 cm³/mol. The van der Waals surface area contributed by atoms with E-state index in [9.17, 15) is 8.42 Å². The topological polar surface area (TPSA) is 79.2 Å². The maximum Gasteiger partial charge on any atom is 0.241 e. The zero-order valence-electron chi connectivity index (χ0n) is 13.5. The molecular formula is C18H20N2O3S. The Morgan fingerprint density at radius 1 is 1.21 bits per heavy atom. The van der Waals surface area contributed by atoms with Crippen molar-refractivity contribution < 1.29 is 13.2 Å². The SMILES string of the molecule is CCOc1ccc(S(=O)(=O)N[C@H]2CCC[C@H]2C#N)c2ccccc12. The Morgan fingerprint density at radius 2 is 1.96 bits per heavy atom. The van der Waals surface area contributed by atoms with E-state index in [1.54, 1.807) is 18.2 Å². The second kappa shape index (κ2) is 6.80. The zero-order valence-corrected chi connectivity index (χ0v) is 14.3. The molecule has 1 saturated carbocycles. The number of rotatable bonds is 5. The zero-order chi connectivity index (χ0) is 17.2. The molecule has 0 amide bonds. The lowest BCUT2D eigenvalue weighted by atomic mass is 10.1. The first-order valence-corrected chi connectivity index (χ1v) is 9.61. The van der Waals surface area contributed by atoms with Gasteiger partial charge in [-0.05, 0) is 31.9 Å². The van der Waals surface area contributed by atoms with E-state index in [1.165, 1.54) is 0 Å². The number of nitrogens with zero attached hydrogens (tertiary/aromatic N) is 1. The van der Waals surface area contributed by atoms with E-state index in [0.29, 0.717) is 24.2 Å². The van der Waals surface area contributed by atoms with Gasteiger partial charge in [-0.15, -0.1) is 0 Å². The van der Waals surface area contributed by atoms with E-state index in [-0.39, 0.29) is 16.9 Å². The molecule has 0 aliphatic heterocycles. The van der Waals surface area contributed by atoms with E-state index in [2.05, 4.69) is 10.8 Å². The highest BCUT2D eigenvalue weighted by atomic mass is 32.2. The van der Waals surface area contributed by atoms with Crippen molar-refractivity contribution in [3.05, 3.63) is 36.4 Å². The summed E-state index contributed by atoms with van der Waals surface area (Å²) in [5.74, 6) is 0.413. The Morgan fingerprint density at radius 3 is 2.67 bits per heavy atom. The Balaban J connectivity index is 2.02. The van der Waals surface area contributed by atoms with Gasteiger partial charge >= 0.3 is 0 Å². The van der Waals surface area contributed by atoms with Gasteiger partial charge in [0.05, 0.1) is 23.5 Å². The molecule has 0 saturated heterocycles. The molecule has 1 fully saturated rings. The summed E-state index contributed by atoms with van der Waals surface area (Å²) < 4.78 is 34.1. The Hall–Kier alpha value is -2.10. The first-order valence-electron chi connectivity index (χ1n) is 8.13. The van der Waals surface area contributed by atoms with Gasteiger partial charge in [-0.1, -0.05) is 30.7 Å². The molecule has 3 rings (SSSR count). The molecule has 0 heterocycles. The van der Waals surface area contributed by atoms with Gasteiger partial charge in [-0.2, -0.15) is 5.26 Å². The Kier molecular flexibility index (Phi) is 4.74. The van der Waals surface area contributed by atoms with Crippen LogP contribution in [0.4, 0.5) is 0 Å². The molecular weight excluding hydrogens is 324 g/mol. The summed E-state index contributed by atoms with van der Waals surface area (Å²) >= 11 is 0. The molecule has 2 aromatic rings. The Labute approximate surface area is 142 Å². The minimum atomic E-state index is -3.70. The number of fused-ring (bicyclic) bond motifs is 1. The maximum atomic E-state index is 12.9. The van der Waals surface area contributed by atoms with Crippen molar-refractivity contribution >= 4 is 20.8 Å². The monoisotopic (exact) mass is 344 g/mol. The molecule has 5 nitrogen and oxygen atoms in total. The fourth-order valence-corrected chi connectivity index (χ4v) is 4.80. The fourth-order valence-electron chi connectivity index (χ4n) is 3.28. The quantitative estimate of drug-likeness (QED) is 0.903. The predicted octanol–water partition coefficient (Wildman–Crippen LogP) is 3.21. The van der Waals surface area contributed by atoms with Gasteiger partial charge in [-0.3, -0.25) is 0 Å². The van der Waals surface area contributed by atoms with Crippen LogP contribution in [0.2, 0.25) is 0 Å². The van der Waals surface area contributed by atoms with Gasteiger partial charge < -0.3 is 4.74 Å². The average molecular weight is 344 g/mol. The number of nitriles is 1. The number of benzene rings is 2. The summed E-state index contributed by atoms with van der Waals surface area (Å²) in [7, 11) is -3.70. The van der Waals surface area contributed by atoms with E-state index >= 15 is 0 Å². The first-order chi connectivity index (χ1) is 11.6. The van der Waals surface area contributed by atoms with Gasteiger partial charge in [-0.25, -0.2) is 13.1 Å². The summed E-state index contributed by atoms with van der Waals surface area (Å²) in [5, 5.41) is 10.6. The molecule has 0 radical (unpaired) electrons. The van der Waals surface area contributed by atoms with Gasteiger partial charge in [0, 0.05) is 16.8 Å². The molecule has 0 bridgehead atoms. The van der Waals surface area contributed by atoms with Crippen molar-refractivity contribution in [3.8, 4) is 11.8 Å². The van der Waals surface area contributed by atoms with Crippen LogP contribution in [0.1, 0.15) is 26.2 Å². The number of hydrogen-bond donors (Lipinski definition) is 1. The third-order valence-electron chi connectivity index (χ3n) is 4.42. The smallest absolute Gasteiger partial charge is 0.241 e.